The Labute approximate surface area is 275 Å². The van der Waals surface area contributed by atoms with Crippen molar-refractivity contribution < 1.29 is 34.3 Å². The third-order valence-electron chi connectivity index (χ3n) is 8.93. The van der Waals surface area contributed by atoms with Crippen molar-refractivity contribution in [2.75, 3.05) is 20.0 Å². The highest BCUT2D eigenvalue weighted by atomic mass is 16.6. The Morgan fingerprint density at radius 3 is 2.04 bits per heavy atom. The van der Waals surface area contributed by atoms with Crippen LogP contribution in [0.15, 0.2) is 90.0 Å². The van der Waals surface area contributed by atoms with Crippen LogP contribution in [0.2, 0.25) is 0 Å². The molecular weight excluding hydrogens is 618 g/mol. The first-order chi connectivity index (χ1) is 23.1. The van der Waals surface area contributed by atoms with E-state index < -0.39 is 53.4 Å². The van der Waals surface area contributed by atoms with Crippen molar-refractivity contribution in [1.82, 2.24) is 19.1 Å². The molecule has 1 aliphatic heterocycles. The molecule has 0 spiro atoms. The summed E-state index contributed by atoms with van der Waals surface area (Å²) in [7, 11) is 3.05. The quantitative estimate of drug-likeness (QED) is 0.171. The summed E-state index contributed by atoms with van der Waals surface area (Å²) in [5, 5.41) is 35.8. The molecule has 0 radical (unpaired) electrons. The molecular formula is C35H37N5O8. The van der Waals surface area contributed by atoms with Crippen molar-refractivity contribution in [2.45, 2.75) is 49.9 Å². The van der Waals surface area contributed by atoms with Crippen LogP contribution in [0.5, 0.6) is 11.5 Å². The lowest BCUT2D eigenvalue weighted by Gasteiger charge is -2.43. The van der Waals surface area contributed by atoms with Gasteiger partial charge in [0, 0.05) is 17.0 Å². The molecule has 1 saturated heterocycles. The molecule has 2 aromatic heterocycles. The number of aliphatic hydroxyl groups is 3. The van der Waals surface area contributed by atoms with Gasteiger partial charge in [-0.3, -0.25) is 14.2 Å². The first-order valence-electron chi connectivity index (χ1n) is 15.4. The number of hydrogen-bond donors (Lipinski definition) is 4. The average Bonchev–Trinajstić information content (AvgIpc) is 3.65. The van der Waals surface area contributed by atoms with Gasteiger partial charge in [0.05, 0.1) is 26.0 Å². The Balaban J connectivity index is 1.54. The molecule has 0 aliphatic carbocycles. The van der Waals surface area contributed by atoms with Crippen LogP contribution in [-0.2, 0) is 10.2 Å². The van der Waals surface area contributed by atoms with Crippen molar-refractivity contribution in [2.24, 2.45) is 5.92 Å². The number of carbonyl (C=O) groups is 1. The second-order valence-electron chi connectivity index (χ2n) is 11.9. The van der Waals surface area contributed by atoms with Crippen molar-refractivity contribution in [3.63, 3.8) is 0 Å². The number of benzene rings is 3. The molecule has 6 rings (SSSR count). The van der Waals surface area contributed by atoms with Gasteiger partial charge in [0.15, 0.2) is 17.4 Å². The van der Waals surface area contributed by atoms with E-state index in [4.69, 9.17) is 19.9 Å². The number of carbonyl (C=O) groups excluding carboxylic acids is 1. The average molecular weight is 656 g/mol. The number of fused-ring (bicyclic) bond motifs is 1. The monoisotopic (exact) mass is 655 g/mol. The first kappa shape index (κ1) is 32.8. The fourth-order valence-electron chi connectivity index (χ4n) is 6.65. The molecule has 3 heterocycles. The van der Waals surface area contributed by atoms with Gasteiger partial charge in [-0.1, -0.05) is 80.6 Å². The van der Waals surface area contributed by atoms with Crippen LogP contribution in [0, 0.1) is 5.92 Å². The van der Waals surface area contributed by atoms with Crippen LogP contribution in [-0.4, -0.2) is 79.0 Å². The zero-order valence-electron chi connectivity index (χ0n) is 26.8. The predicted molar refractivity (Wildman–Crippen MR) is 176 cm³/mol. The van der Waals surface area contributed by atoms with E-state index in [1.807, 2.05) is 54.6 Å². The molecule has 5 N–H and O–H groups in total. The topological polar surface area (TPSA) is 184 Å². The summed E-state index contributed by atoms with van der Waals surface area (Å²) in [5.74, 6) is -0.568. The summed E-state index contributed by atoms with van der Waals surface area (Å²) in [6, 6.07) is 23.6. The van der Waals surface area contributed by atoms with Gasteiger partial charge in [0.1, 0.15) is 35.9 Å². The van der Waals surface area contributed by atoms with Gasteiger partial charge in [-0.05, 0) is 17.7 Å². The number of ether oxygens (including phenoxy) is 3. The number of para-hydroxylation sites is 2. The van der Waals surface area contributed by atoms with Crippen molar-refractivity contribution >= 4 is 23.0 Å². The third kappa shape index (κ3) is 5.02. The van der Waals surface area contributed by atoms with Crippen LogP contribution in [0.1, 0.15) is 41.6 Å². The second kappa shape index (κ2) is 12.8. The Morgan fingerprint density at radius 1 is 0.917 bits per heavy atom. The minimum absolute atomic E-state index is 0.0690. The minimum Gasteiger partial charge on any atom is -0.496 e. The molecule has 48 heavy (non-hydrogen) atoms. The highest BCUT2D eigenvalue weighted by Crippen LogP contribution is 2.51. The Morgan fingerprint density at radius 2 is 1.48 bits per heavy atom. The van der Waals surface area contributed by atoms with Gasteiger partial charge in [0.25, 0.3) is 5.56 Å². The molecule has 5 atom stereocenters. The third-order valence-corrected chi connectivity index (χ3v) is 8.93. The van der Waals surface area contributed by atoms with E-state index in [0.717, 1.165) is 4.57 Å². The van der Waals surface area contributed by atoms with E-state index in [2.05, 4.69) is 9.97 Å². The van der Waals surface area contributed by atoms with Crippen molar-refractivity contribution in [1.29, 1.82) is 0 Å². The number of nitrogens with two attached hydrogens (primary N) is 1. The van der Waals surface area contributed by atoms with Crippen molar-refractivity contribution in [3.05, 3.63) is 112 Å². The maximum atomic E-state index is 13.3. The highest BCUT2D eigenvalue weighted by molar-refractivity contribution is 5.86. The van der Waals surface area contributed by atoms with Crippen molar-refractivity contribution in [3.8, 4) is 11.5 Å². The normalized spacial score (nSPS) is 20.2. The molecule has 250 valence electrons. The molecule has 0 amide bonds. The number of aromatic nitrogens is 4. The summed E-state index contributed by atoms with van der Waals surface area (Å²) >= 11 is 0. The largest absolute Gasteiger partial charge is 0.496 e. The molecule has 2 unspecified atom stereocenters. The Bertz CT molecular complexity index is 1960. The number of nitrogens with zero attached hydrogens (tertiary/aromatic N) is 4. The lowest BCUT2D eigenvalue weighted by Crippen LogP contribution is -2.52. The van der Waals surface area contributed by atoms with Gasteiger partial charge in [-0.25, -0.2) is 9.55 Å². The Kier molecular flexibility index (Phi) is 8.79. The molecule has 13 nitrogen and oxygen atoms in total. The van der Waals surface area contributed by atoms with Crippen LogP contribution in [0.3, 0.4) is 0 Å². The molecule has 0 bridgehead atoms. The molecule has 0 saturated carbocycles. The molecule has 1 aliphatic rings. The highest BCUT2D eigenvalue weighted by Gasteiger charge is 2.57. The number of aliphatic hydroxyl groups excluding tert-OH is 3. The van der Waals surface area contributed by atoms with E-state index in [1.165, 1.54) is 25.1 Å². The number of rotatable bonds is 9. The van der Waals surface area contributed by atoms with E-state index in [9.17, 15) is 24.9 Å². The predicted octanol–water partition coefficient (Wildman–Crippen LogP) is 2.50. The maximum Gasteiger partial charge on any atom is 0.289 e. The number of imidazole rings is 1. The number of hydrogen-bond acceptors (Lipinski definition) is 11. The first-order valence-corrected chi connectivity index (χ1v) is 15.4. The summed E-state index contributed by atoms with van der Waals surface area (Å²) in [6.07, 6.45) is -6.43. The van der Waals surface area contributed by atoms with Crippen LogP contribution in [0.4, 0.5) is 5.95 Å². The van der Waals surface area contributed by atoms with Gasteiger partial charge < -0.3 is 35.3 Å². The smallest absolute Gasteiger partial charge is 0.289 e. The van der Waals surface area contributed by atoms with Crippen LogP contribution in [0.25, 0.3) is 11.2 Å². The number of nitrogen functional groups attached to an aromatic ring is 1. The number of methoxy groups -OCH3 is 2. The molecule has 1 fully saturated rings. The number of anilines is 1. The van der Waals surface area contributed by atoms with Crippen LogP contribution >= 0.6 is 0 Å². The molecule has 13 heteroatoms. The lowest BCUT2D eigenvalue weighted by molar-refractivity contribution is -0.0976. The minimum atomic E-state index is -1.64. The second-order valence-corrected chi connectivity index (χ2v) is 11.9. The maximum absolute atomic E-state index is 13.3. The fourth-order valence-corrected chi connectivity index (χ4v) is 6.65. The summed E-state index contributed by atoms with van der Waals surface area (Å²) in [4.78, 5) is 34.4. The lowest BCUT2D eigenvalue weighted by atomic mass is 9.63. The van der Waals surface area contributed by atoms with E-state index in [-0.39, 0.29) is 17.1 Å². The Hall–Kier alpha value is -5.08. The fraction of sp³-hybridized carbons (Fsp3) is 0.314. The van der Waals surface area contributed by atoms with Gasteiger partial charge in [-0.2, -0.15) is 4.98 Å². The SMILES string of the molecule is COc1ccccc1C(c1ccccc1)(c1ccccc1OC)C(O)[C@H]1O[C@@H](n2cnc3c(=O)n(C(=O)C(C)C)c(N)nc32)[C@H](O)C1O. The standard InChI is InChI=1S/C35H37N5O8/c1-19(2)31(44)40-32(45)25-30(38-34(40)36)39(18-37-25)33-27(42)26(41)28(48-33)29(43)35(20-12-6-5-7-13-20,21-14-8-10-16-23(21)46-3)22-15-9-11-17-24(22)47-4/h5-19,26-29,33,41-43H,1-4H3,(H2,36,38)/t26?,27-,28+,29?,33-/m1/s1. The van der Waals surface area contributed by atoms with E-state index in [0.29, 0.717) is 28.2 Å². The molecule has 3 aromatic carbocycles. The van der Waals surface area contributed by atoms with E-state index >= 15 is 0 Å². The summed E-state index contributed by atoms with van der Waals surface area (Å²) in [5.41, 5.74) is 5.25. The zero-order valence-corrected chi connectivity index (χ0v) is 26.8. The van der Waals surface area contributed by atoms with Crippen LogP contribution < -0.4 is 20.8 Å². The molecule has 5 aromatic rings. The van der Waals surface area contributed by atoms with Gasteiger partial charge in [-0.15, -0.1) is 0 Å². The summed E-state index contributed by atoms with van der Waals surface area (Å²) in [6.45, 7) is 3.25. The van der Waals surface area contributed by atoms with E-state index in [1.54, 1.807) is 38.1 Å². The van der Waals surface area contributed by atoms with Gasteiger partial charge in [0.2, 0.25) is 11.9 Å². The zero-order chi connectivity index (χ0) is 34.3. The summed E-state index contributed by atoms with van der Waals surface area (Å²) < 4.78 is 20.0. The van der Waals surface area contributed by atoms with Gasteiger partial charge >= 0.3 is 0 Å².